The van der Waals surface area contributed by atoms with Crippen LogP contribution in [0, 0.1) is 10.8 Å². The van der Waals surface area contributed by atoms with E-state index in [1.807, 2.05) is 23.5 Å². The van der Waals surface area contributed by atoms with Crippen LogP contribution < -0.4 is 0 Å². The topological polar surface area (TPSA) is 18.5 Å². The lowest BCUT2D eigenvalue weighted by molar-refractivity contribution is 0.0476. The van der Waals surface area contributed by atoms with E-state index in [-0.39, 0.29) is 0 Å². The summed E-state index contributed by atoms with van der Waals surface area (Å²) in [5.74, 6) is 5.05. The van der Waals surface area contributed by atoms with Crippen LogP contribution in [0.2, 0.25) is 0 Å². The van der Waals surface area contributed by atoms with E-state index in [0.717, 1.165) is 26.4 Å². The maximum Gasteiger partial charge on any atom is 0.0717 e. The van der Waals surface area contributed by atoms with E-state index in [0.29, 0.717) is 10.8 Å². The lowest BCUT2D eigenvalue weighted by atomic mass is 9.90. The molecule has 0 radical (unpaired) electrons. The summed E-state index contributed by atoms with van der Waals surface area (Å²) in [7, 11) is 0. The summed E-state index contributed by atoms with van der Waals surface area (Å²) in [5, 5.41) is 0. The second-order valence-electron chi connectivity index (χ2n) is 7.49. The molecule has 1 aromatic rings. The minimum atomic E-state index is 0.452. The number of hydrogen-bond donors (Lipinski definition) is 0. The molecule has 24 heavy (non-hydrogen) atoms. The van der Waals surface area contributed by atoms with Gasteiger partial charge in [0.2, 0.25) is 0 Å². The number of thioether (sulfide) groups is 2. The van der Waals surface area contributed by atoms with Crippen LogP contribution >= 0.6 is 23.5 Å². The van der Waals surface area contributed by atoms with Crippen molar-refractivity contribution in [2.24, 2.45) is 10.8 Å². The highest BCUT2D eigenvalue weighted by molar-refractivity contribution is 8.00. The summed E-state index contributed by atoms with van der Waals surface area (Å²) >= 11 is 4.08. The minimum Gasteiger partial charge on any atom is -0.376 e. The molecule has 0 unspecified atom stereocenters. The molecule has 0 aliphatic carbocycles. The summed E-state index contributed by atoms with van der Waals surface area (Å²) in [5.41, 5.74) is 3.43. The highest BCUT2D eigenvalue weighted by Crippen LogP contribution is 2.41. The molecule has 3 rings (SSSR count). The van der Waals surface area contributed by atoms with Gasteiger partial charge in [-0.05, 0) is 24.0 Å². The first-order valence-electron chi connectivity index (χ1n) is 9.08. The Morgan fingerprint density at radius 1 is 0.750 bits per heavy atom. The van der Waals surface area contributed by atoms with Crippen LogP contribution in [0.4, 0.5) is 0 Å². The summed E-state index contributed by atoms with van der Waals surface area (Å²) in [6.07, 6.45) is 2.46. The molecule has 4 heteroatoms. The fraction of sp³-hybridized carbons (Fsp3) is 0.700. The quantitative estimate of drug-likeness (QED) is 0.579. The third-order valence-electron chi connectivity index (χ3n) is 5.51. The largest absolute Gasteiger partial charge is 0.376 e. The molecule has 0 aromatic heterocycles. The van der Waals surface area contributed by atoms with E-state index in [4.69, 9.17) is 9.47 Å². The minimum absolute atomic E-state index is 0.452. The molecular weight excluding hydrogens is 336 g/mol. The Bertz CT molecular complexity index is 449. The van der Waals surface area contributed by atoms with Gasteiger partial charge in [-0.15, -0.1) is 0 Å². The van der Waals surface area contributed by atoms with Crippen LogP contribution in [0.5, 0.6) is 0 Å². The Morgan fingerprint density at radius 3 is 1.38 bits per heavy atom. The molecule has 2 aliphatic heterocycles. The number of rotatable bonds is 10. The molecule has 134 valence electrons. The van der Waals surface area contributed by atoms with Crippen molar-refractivity contribution in [3.05, 3.63) is 35.4 Å². The lowest BCUT2D eigenvalue weighted by Gasteiger charge is -2.40. The highest BCUT2D eigenvalue weighted by Gasteiger charge is 2.36. The second kappa shape index (κ2) is 8.48. The first-order chi connectivity index (χ1) is 11.7. The SMILES string of the molecule is CCC1(COCc2ccc(COCC3(CC)CSC3)cc2)CSC1. The zero-order valence-electron chi connectivity index (χ0n) is 15.0. The van der Waals surface area contributed by atoms with Crippen LogP contribution in [-0.2, 0) is 22.7 Å². The smallest absolute Gasteiger partial charge is 0.0717 e. The third kappa shape index (κ3) is 4.51. The van der Waals surface area contributed by atoms with Crippen molar-refractivity contribution in [2.75, 3.05) is 36.2 Å². The third-order valence-corrected chi connectivity index (χ3v) is 8.78. The van der Waals surface area contributed by atoms with Gasteiger partial charge in [0, 0.05) is 33.8 Å². The molecule has 2 aliphatic rings. The van der Waals surface area contributed by atoms with E-state index in [9.17, 15) is 0 Å². The lowest BCUT2D eigenvalue weighted by Crippen LogP contribution is -2.39. The summed E-state index contributed by atoms with van der Waals surface area (Å²) < 4.78 is 11.9. The molecule has 0 N–H and O–H groups in total. The summed E-state index contributed by atoms with van der Waals surface area (Å²) in [6, 6.07) is 8.73. The monoisotopic (exact) mass is 366 g/mol. The van der Waals surface area contributed by atoms with E-state index >= 15 is 0 Å². The highest BCUT2D eigenvalue weighted by atomic mass is 32.2. The van der Waals surface area contributed by atoms with Crippen molar-refractivity contribution < 1.29 is 9.47 Å². The van der Waals surface area contributed by atoms with Gasteiger partial charge in [-0.25, -0.2) is 0 Å². The molecular formula is C20H30O2S2. The van der Waals surface area contributed by atoms with Gasteiger partial charge in [0.05, 0.1) is 26.4 Å². The standard InChI is InChI=1S/C20H30O2S2/c1-3-19(13-23-14-19)11-21-9-17-5-7-18(8-6-17)10-22-12-20(4-2)15-24-16-20/h5-8H,3-4,9-16H2,1-2H3. The zero-order chi connectivity index (χ0) is 16.9. The molecule has 0 saturated carbocycles. The van der Waals surface area contributed by atoms with Crippen LogP contribution in [0.15, 0.2) is 24.3 Å². The second-order valence-corrected chi connectivity index (χ2v) is 9.47. The van der Waals surface area contributed by atoms with Gasteiger partial charge in [0.15, 0.2) is 0 Å². The van der Waals surface area contributed by atoms with Crippen molar-refractivity contribution in [3.63, 3.8) is 0 Å². The molecule has 0 bridgehead atoms. The molecule has 0 amide bonds. The molecule has 0 atom stereocenters. The van der Waals surface area contributed by atoms with Gasteiger partial charge in [-0.3, -0.25) is 0 Å². The van der Waals surface area contributed by atoms with Crippen LogP contribution in [0.3, 0.4) is 0 Å². The molecule has 2 saturated heterocycles. The van der Waals surface area contributed by atoms with Crippen LogP contribution in [0.1, 0.15) is 37.8 Å². The van der Waals surface area contributed by atoms with E-state index in [2.05, 4.69) is 38.1 Å². The fourth-order valence-electron chi connectivity index (χ4n) is 3.06. The van der Waals surface area contributed by atoms with Crippen molar-refractivity contribution in [1.29, 1.82) is 0 Å². The fourth-order valence-corrected chi connectivity index (χ4v) is 5.78. The van der Waals surface area contributed by atoms with Gasteiger partial charge in [-0.2, -0.15) is 23.5 Å². The van der Waals surface area contributed by atoms with Crippen molar-refractivity contribution >= 4 is 23.5 Å². The van der Waals surface area contributed by atoms with Gasteiger partial charge in [0.25, 0.3) is 0 Å². The van der Waals surface area contributed by atoms with Gasteiger partial charge >= 0.3 is 0 Å². The Kier molecular flexibility index (Phi) is 6.58. The van der Waals surface area contributed by atoms with E-state index in [1.54, 1.807) is 0 Å². The first-order valence-corrected chi connectivity index (χ1v) is 11.4. The van der Waals surface area contributed by atoms with Crippen LogP contribution in [-0.4, -0.2) is 36.2 Å². The van der Waals surface area contributed by atoms with Crippen molar-refractivity contribution in [1.82, 2.24) is 0 Å². The first kappa shape index (κ1) is 18.6. The maximum absolute atomic E-state index is 5.97. The van der Waals surface area contributed by atoms with Crippen LogP contribution in [0.25, 0.3) is 0 Å². The number of hydrogen-bond acceptors (Lipinski definition) is 4. The molecule has 2 heterocycles. The average molecular weight is 367 g/mol. The summed E-state index contributed by atoms with van der Waals surface area (Å²) in [4.78, 5) is 0. The predicted octanol–water partition coefficient (Wildman–Crippen LogP) is 5.01. The number of benzene rings is 1. The zero-order valence-corrected chi connectivity index (χ0v) is 16.6. The van der Waals surface area contributed by atoms with Gasteiger partial charge < -0.3 is 9.47 Å². The normalized spacial score (nSPS) is 21.1. The average Bonchev–Trinajstić information content (AvgIpc) is 2.54. The Balaban J connectivity index is 1.37. The predicted molar refractivity (Wildman–Crippen MR) is 106 cm³/mol. The van der Waals surface area contributed by atoms with Gasteiger partial charge in [-0.1, -0.05) is 38.1 Å². The van der Waals surface area contributed by atoms with Crippen molar-refractivity contribution in [3.8, 4) is 0 Å². The van der Waals surface area contributed by atoms with Gasteiger partial charge in [0.1, 0.15) is 0 Å². The summed E-state index contributed by atoms with van der Waals surface area (Å²) in [6.45, 7) is 7.82. The van der Waals surface area contributed by atoms with Crippen molar-refractivity contribution in [2.45, 2.75) is 39.9 Å². The Morgan fingerprint density at radius 2 is 1.12 bits per heavy atom. The number of ether oxygens (including phenoxy) is 2. The Hall–Kier alpha value is -0.160. The molecule has 0 spiro atoms. The molecule has 2 fully saturated rings. The maximum atomic E-state index is 5.97. The molecule has 2 nitrogen and oxygen atoms in total. The molecule has 1 aromatic carbocycles. The Labute approximate surface area is 155 Å². The van der Waals surface area contributed by atoms with E-state index < -0.39 is 0 Å². The van der Waals surface area contributed by atoms with E-state index in [1.165, 1.54) is 47.0 Å².